The second kappa shape index (κ2) is 15.6. The average Bonchev–Trinajstić information content (AvgIpc) is 2.91. The van der Waals surface area contributed by atoms with E-state index >= 15 is 0 Å². The predicted octanol–water partition coefficient (Wildman–Crippen LogP) is 2.98. The van der Waals surface area contributed by atoms with Crippen molar-refractivity contribution in [3.63, 3.8) is 0 Å². The van der Waals surface area contributed by atoms with Crippen molar-refractivity contribution in [1.29, 1.82) is 0 Å². The fourth-order valence-electron chi connectivity index (χ4n) is 4.60. The van der Waals surface area contributed by atoms with E-state index in [9.17, 15) is 18.0 Å². The van der Waals surface area contributed by atoms with Gasteiger partial charge in [0.1, 0.15) is 11.5 Å². The van der Waals surface area contributed by atoms with Crippen molar-refractivity contribution in [2.75, 3.05) is 96.8 Å². The highest BCUT2D eigenvalue weighted by Crippen LogP contribution is 2.29. The van der Waals surface area contributed by atoms with E-state index in [1.165, 1.54) is 17.0 Å². The van der Waals surface area contributed by atoms with Crippen LogP contribution in [-0.2, 0) is 20.4 Å². The molecule has 37 heavy (non-hydrogen) atoms. The van der Waals surface area contributed by atoms with Gasteiger partial charge in [-0.2, -0.15) is 13.2 Å². The number of nitrogens with zero attached hydrogens (tertiary/aromatic N) is 5. The van der Waals surface area contributed by atoms with Crippen molar-refractivity contribution in [2.24, 2.45) is 0 Å². The van der Waals surface area contributed by atoms with E-state index in [-0.39, 0.29) is 18.1 Å². The molecule has 8 nitrogen and oxygen atoms in total. The van der Waals surface area contributed by atoms with E-state index < -0.39 is 11.9 Å². The first-order valence-electron chi connectivity index (χ1n) is 13.5. The van der Waals surface area contributed by atoms with Gasteiger partial charge in [0, 0.05) is 85.1 Å². The first-order valence-corrected chi connectivity index (χ1v) is 13.5. The Bertz CT molecular complexity index is 800. The number of unbranched alkanes of at least 4 members (excludes halogenated alkanes) is 1. The van der Waals surface area contributed by atoms with Crippen molar-refractivity contribution >= 4 is 11.7 Å². The van der Waals surface area contributed by atoms with Gasteiger partial charge in [-0.05, 0) is 31.4 Å². The van der Waals surface area contributed by atoms with E-state index in [2.05, 4.69) is 19.7 Å². The third kappa shape index (κ3) is 10.5. The van der Waals surface area contributed by atoms with Crippen LogP contribution in [0.1, 0.15) is 38.3 Å². The Kier molecular flexibility index (Phi) is 12.5. The molecule has 0 saturated carbocycles. The standard InChI is InChI=1S/C26H42F3N5O3/c1-2-25(35)34(24-8-5-7-23(30-24)26(27,28)29)10-3-4-19-36-20-6-9-31-11-13-32(14-12-31)15-16-33-17-21-37-22-18-33/h5,7-8H,2-4,6,9-22H2,1H3. The van der Waals surface area contributed by atoms with Gasteiger partial charge < -0.3 is 14.4 Å². The SMILES string of the molecule is CCC(=O)N(CCCCOCCCN1CCN(CCN2CCOCC2)CC1)c1cccc(C(F)(F)F)n1. The summed E-state index contributed by atoms with van der Waals surface area (Å²) < 4.78 is 50.2. The Morgan fingerprint density at radius 3 is 2.22 bits per heavy atom. The van der Waals surface area contributed by atoms with Crippen LogP contribution in [0.5, 0.6) is 0 Å². The molecule has 0 aromatic carbocycles. The lowest BCUT2D eigenvalue weighted by atomic mass is 10.2. The number of carbonyl (C=O) groups excluding carboxylic acids is 1. The summed E-state index contributed by atoms with van der Waals surface area (Å²) in [5, 5.41) is 0. The van der Waals surface area contributed by atoms with Crippen LogP contribution in [0.2, 0.25) is 0 Å². The van der Waals surface area contributed by atoms with Gasteiger partial charge in [0.15, 0.2) is 0 Å². The highest BCUT2D eigenvalue weighted by molar-refractivity contribution is 5.92. The van der Waals surface area contributed by atoms with Crippen molar-refractivity contribution < 1.29 is 27.4 Å². The second-order valence-electron chi connectivity index (χ2n) is 9.59. The number of morpholine rings is 1. The maximum Gasteiger partial charge on any atom is 0.433 e. The number of hydrogen-bond donors (Lipinski definition) is 0. The van der Waals surface area contributed by atoms with Gasteiger partial charge in [-0.1, -0.05) is 13.0 Å². The molecule has 0 atom stereocenters. The molecule has 2 aliphatic heterocycles. The van der Waals surface area contributed by atoms with Crippen LogP contribution in [0.25, 0.3) is 0 Å². The molecule has 2 fully saturated rings. The molecule has 0 aliphatic carbocycles. The summed E-state index contributed by atoms with van der Waals surface area (Å²) in [4.78, 5) is 24.8. The van der Waals surface area contributed by atoms with Crippen molar-refractivity contribution in [1.82, 2.24) is 19.7 Å². The summed E-state index contributed by atoms with van der Waals surface area (Å²) >= 11 is 0. The van der Waals surface area contributed by atoms with Gasteiger partial charge in [0.25, 0.3) is 0 Å². The Morgan fingerprint density at radius 2 is 1.57 bits per heavy atom. The zero-order chi connectivity index (χ0) is 26.5. The smallest absolute Gasteiger partial charge is 0.381 e. The lowest BCUT2D eigenvalue weighted by Crippen LogP contribution is -2.49. The van der Waals surface area contributed by atoms with E-state index in [0.29, 0.717) is 26.2 Å². The van der Waals surface area contributed by atoms with Crippen LogP contribution in [0, 0.1) is 0 Å². The number of alkyl halides is 3. The van der Waals surface area contributed by atoms with Crippen LogP contribution in [0.15, 0.2) is 18.2 Å². The average molecular weight is 530 g/mol. The summed E-state index contributed by atoms with van der Waals surface area (Å²) in [5.74, 6) is -0.197. The number of ether oxygens (including phenoxy) is 2. The largest absolute Gasteiger partial charge is 0.433 e. The first-order chi connectivity index (χ1) is 17.9. The number of hydrogen-bond acceptors (Lipinski definition) is 7. The zero-order valence-electron chi connectivity index (χ0n) is 22.1. The van der Waals surface area contributed by atoms with Crippen molar-refractivity contribution in [3.8, 4) is 0 Å². The number of amides is 1. The van der Waals surface area contributed by atoms with Crippen LogP contribution in [0.4, 0.5) is 19.0 Å². The summed E-state index contributed by atoms with van der Waals surface area (Å²) in [6.45, 7) is 14.7. The quantitative estimate of drug-likeness (QED) is 0.344. The molecule has 1 aromatic rings. The summed E-state index contributed by atoms with van der Waals surface area (Å²) in [5.41, 5.74) is -0.989. The molecule has 1 aromatic heterocycles. The molecule has 1 amide bonds. The summed E-state index contributed by atoms with van der Waals surface area (Å²) in [7, 11) is 0. The third-order valence-electron chi connectivity index (χ3n) is 6.89. The van der Waals surface area contributed by atoms with Crippen LogP contribution < -0.4 is 4.90 Å². The lowest BCUT2D eigenvalue weighted by molar-refractivity contribution is -0.141. The Balaban J connectivity index is 1.24. The number of pyridine rings is 1. The van der Waals surface area contributed by atoms with Crippen LogP contribution >= 0.6 is 0 Å². The minimum atomic E-state index is -4.54. The molecule has 2 aliphatic rings. The number of aromatic nitrogens is 1. The Labute approximate surface area is 218 Å². The number of halogens is 3. The topological polar surface area (TPSA) is 61.4 Å². The summed E-state index contributed by atoms with van der Waals surface area (Å²) in [6.07, 6.45) is -2.00. The normalized spacial score (nSPS) is 18.3. The molecule has 2 saturated heterocycles. The third-order valence-corrected chi connectivity index (χ3v) is 6.89. The molecule has 0 unspecified atom stereocenters. The predicted molar refractivity (Wildman–Crippen MR) is 137 cm³/mol. The maximum absolute atomic E-state index is 13.0. The molecule has 0 N–H and O–H groups in total. The molecular formula is C26H42F3N5O3. The number of carbonyl (C=O) groups is 1. The van der Waals surface area contributed by atoms with Crippen LogP contribution in [-0.4, -0.2) is 117 Å². The van der Waals surface area contributed by atoms with Gasteiger partial charge in [0.2, 0.25) is 5.91 Å². The monoisotopic (exact) mass is 529 g/mol. The number of piperazine rings is 1. The fraction of sp³-hybridized carbons (Fsp3) is 0.769. The fourth-order valence-corrected chi connectivity index (χ4v) is 4.60. The van der Waals surface area contributed by atoms with Gasteiger partial charge >= 0.3 is 6.18 Å². The van der Waals surface area contributed by atoms with Crippen LogP contribution in [0.3, 0.4) is 0 Å². The van der Waals surface area contributed by atoms with Gasteiger partial charge in [-0.25, -0.2) is 4.98 Å². The molecule has 3 heterocycles. The Morgan fingerprint density at radius 1 is 0.946 bits per heavy atom. The van der Waals surface area contributed by atoms with Crippen molar-refractivity contribution in [3.05, 3.63) is 23.9 Å². The van der Waals surface area contributed by atoms with E-state index in [4.69, 9.17) is 9.47 Å². The maximum atomic E-state index is 13.0. The van der Waals surface area contributed by atoms with E-state index in [0.717, 1.165) is 91.0 Å². The molecule has 0 spiro atoms. The molecule has 3 rings (SSSR count). The van der Waals surface area contributed by atoms with Gasteiger partial charge in [-0.3, -0.25) is 19.5 Å². The van der Waals surface area contributed by atoms with Gasteiger partial charge in [-0.15, -0.1) is 0 Å². The molecule has 210 valence electrons. The Hall–Kier alpha value is -1.79. The highest BCUT2D eigenvalue weighted by atomic mass is 19.4. The van der Waals surface area contributed by atoms with Crippen molar-refractivity contribution in [2.45, 2.75) is 38.8 Å². The number of rotatable bonds is 14. The molecule has 0 bridgehead atoms. The second-order valence-corrected chi connectivity index (χ2v) is 9.59. The highest BCUT2D eigenvalue weighted by Gasteiger charge is 2.33. The van der Waals surface area contributed by atoms with E-state index in [1.807, 2.05) is 0 Å². The number of anilines is 1. The summed E-state index contributed by atoms with van der Waals surface area (Å²) in [6, 6.07) is 3.65. The first kappa shape index (κ1) is 29.8. The lowest BCUT2D eigenvalue weighted by Gasteiger charge is -2.36. The minimum Gasteiger partial charge on any atom is -0.381 e. The van der Waals surface area contributed by atoms with Gasteiger partial charge in [0.05, 0.1) is 13.2 Å². The molecular weight excluding hydrogens is 487 g/mol. The molecule has 0 radical (unpaired) electrons. The minimum absolute atomic E-state index is 0.0452. The molecule has 11 heteroatoms. The van der Waals surface area contributed by atoms with E-state index in [1.54, 1.807) is 6.92 Å². The zero-order valence-corrected chi connectivity index (χ0v) is 22.1.